The van der Waals surface area contributed by atoms with Gasteiger partial charge < -0.3 is 11.1 Å². The van der Waals surface area contributed by atoms with Gasteiger partial charge in [-0.2, -0.15) is 0 Å². The normalized spacial score (nSPS) is 10.6. The summed E-state index contributed by atoms with van der Waals surface area (Å²) < 4.78 is 27.4. The average Bonchev–Trinajstić information content (AvgIpc) is 2.82. The van der Waals surface area contributed by atoms with Crippen molar-refractivity contribution in [3.05, 3.63) is 44.3 Å². The third kappa shape index (κ3) is 3.38. The Morgan fingerprint density at radius 2 is 2.05 bits per heavy atom. The van der Waals surface area contributed by atoms with E-state index < -0.39 is 23.2 Å². The molecule has 0 saturated heterocycles. The maximum atomic E-state index is 13.6. The van der Waals surface area contributed by atoms with Crippen LogP contribution in [-0.4, -0.2) is 17.4 Å². The number of nitrogens with zero attached hydrogens (tertiary/aromatic N) is 1. The monoisotopic (exact) mass is 361 g/mol. The molecule has 8 heteroatoms. The van der Waals surface area contributed by atoms with Crippen molar-refractivity contribution in [1.82, 2.24) is 4.98 Å². The van der Waals surface area contributed by atoms with Gasteiger partial charge in [0.1, 0.15) is 11.4 Å². The number of hydrogen-bond acceptors (Lipinski definition) is 4. The molecule has 3 N–H and O–H groups in total. The Labute approximate surface area is 126 Å². The number of thiazole rings is 1. The lowest BCUT2D eigenvalue weighted by Gasteiger charge is -2.06. The van der Waals surface area contributed by atoms with Gasteiger partial charge in [-0.15, -0.1) is 11.3 Å². The molecule has 0 aliphatic rings. The number of amides is 1. The average molecular weight is 362 g/mol. The quantitative estimate of drug-likeness (QED) is 0.879. The molecule has 0 bridgehead atoms. The lowest BCUT2D eigenvalue weighted by molar-refractivity contribution is 0.102. The van der Waals surface area contributed by atoms with E-state index in [2.05, 4.69) is 26.2 Å². The minimum atomic E-state index is -0.859. The summed E-state index contributed by atoms with van der Waals surface area (Å²) in [7, 11) is 0. The van der Waals surface area contributed by atoms with E-state index in [0.717, 1.165) is 12.1 Å². The van der Waals surface area contributed by atoms with Crippen LogP contribution in [0.5, 0.6) is 0 Å². The Morgan fingerprint density at radius 3 is 2.65 bits per heavy atom. The van der Waals surface area contributed by atoms with Gasteiger partial charge in [0, 0.05) is 16.3 Å². The zero-order chi connectivity index (χ0) is 14.7. The minimum absolute atomic E-state index is 0.111. The van der Waals surface area contributed by atoms with Crippen LogP contribution in [0, 0.1) is 11.6 Å². The first-order chi connectivity index (χ1) is 9.51. The summed E-state index contributed by atoms with van der Waals surface area (Å²) in [4.78, 5) is 15.9. The van der Waals surface area contributed by atoms with Gasteiger partial charge in [0.05, 0.1) is 5.01 Å². The van der Waals surface area contributed by atoms with Gasteiger partial charge in [-0.3, -0.25) is 4.79 Å². The highest BCUT2D eigenvalue weighted by molar-refractivity contribution is 9.10. The maximum absolute atomic E-state index is 13.6. The topological polar surface area (TPSA) is 68.0 Å². The highest BCUT2D eigenvalue weighted by Crippen LogP contribution is 2.24. The second-order valence-electron chi connectivity index (χ2n) is 3.86. The fourth-order valence-electron chi connectivity index (χ4n) is 1.49. The Morgan fingerprint density at radius 1 is 1.40 bits per heavy atom. The summed E-state index contributed by atoms with van der Waals surface area (Å²) in [6.07, 6.45) is 0.555. The molecule has 0 fully saturated rings. The van der Waals surface area contributed by atoms with Crippen LogP contribution in [0.15, 0.2) is 22.0 Å². The zero-order valence-electron chi connectivity index (χ0n) is 10.1. The third-order valence-electron chi connectivity index (χ3n) is 2.39. The van der Waals surface area contributed by atoms with Gasteiger partial charge >= 0.3 is 0 Å². The lowest BCUT2D eigenvalue weighted by atomic mass is 10.3. The molecule has 4 nitrogen and oxygen atoms in total. The molecule has 106 valence electrons. The first kappa shape index (κ1) is 15.0. The molecule has 20 heavy (non-hydrogen) atoms. The van der Waals surface area contributed by atoms with Gasteiger partial charge in [-0.1, -0.05) is 15.9 Å². The summed E-state index contributed by atoms with van der Waals surface area (Å²) in [6, 6.07) is 2.14. The Kier molecular flexibility index (Phi) is 4.79. The molecule has 0 aliphatic heterocycles. The van der Waals surface area contributed by atoms with Gasteiger partial charge in [-0.05, 0) is 18.7 Å². The van der Waals surface area contributed by atoms with Crippen molar-refractivity contribution in [3.63, 3.8) is 0 Å². The van der Waals surface area contributed by atoms with Crippen molar-refractivity contribution in [2.75, 3.05) is 11.9 Å². The number of carbonyl (C=O) groups excluding carboxylic acids is 1. The van der Waals surface area contributed by atoms with Crippen molar-refractivity contribution in [1.29, 1.82) is 0 Å². The van der Waals surface area contributed by atoms with Crippen molar-refractivity contribution < 1.29 is 13.6 Å². The van der Waals surface area contributed by atoms with Crippen LogP contribution in [0.25, 0.3) is 0 Å². The molecular formula is C12H10BrF2N3OS. The number of hydrogen-bond donors (Lipinski definition) is 2. The first-order valence-electron chi connectivity index (χ1n) is 5.61. The fourth-order valence-corrected chi connectivity index (χ4v) is 2.69. The molecule has 0 radical (unpaired) electrons. The highest BCUT2D eigenvalue weighted by Gasteiger charge is 2.16. The summed E-state index contributed by atoms with van der Waals surface area (Å²) in [5, 5.41) is 4.41. The van der Waals surface area contributed by atoms with Crippen LogP contribution >= 0.6 is 27.3 Å². The summed E-state index contributed by atoms with van der Waals surface area (Å²) >= 11 is 4.24. The molecule has 1 aromatic carbocycles. The molecular weight excluding hydrogens is 352 g/mol. The summed E-state index contributed by atoms with van der Waals surface area (Å²) in [5.41, 5.74) is 5.00. The number of nitrogens with one attached hydrogen (secondary N) is 1. The zero-order valence-corrected chi connectivity index (χ0v) is 12.5. The molecule has 0 aliphatic carbocycles. The molecule has 1 heterocycles. The second kappa shape index (κ2) is 6.38. The molecule has 2 aromatic rings. The van der Waals surface area contributed by atoms with Crippen LogP contribution in [0.3, 0.4) is 0 Å². The van der Waals surface area contributed by atoms with Crippen molar-refractivity contribution in [2.24, 2.45) is 5.73 Å². The van der Waals surface area contributed by atoms with E-state index in [-0.39, 0.29) is 10.2 Å². The smallest absolute Gasteiger partial charge is 0.275 e. The van der Waals surface area contributed by atoms with Gasteiger partial charge in [0.25, 0.3) is 5.91 Å². The van der Waals surface area contributed by atoms with E-state index in [9.17, 15) is 13.6 Å². The number of halogens is 3. The number of rotatable bonds is 4. The first-order valence-corrected chi connectivity index (χ1v) is 7.29. The third-order valence-corrected chi connectivity index (χ3v) is 3.75. The van der Waals surface area contributed by atoms with E-state index >= 15 is 0 Å². The Hall–Kier alpha value is -1.38. The van der Waals surface area contributed by atoms with E-state index in [1.165, 1.54) is 16.7 Å². The molecule has 0 spiro atoms. The summed E-state index contributed by atoms with van der Waals surface area (Å²) in [6.45, 7) is 0.421. The number of aromatic nitrogens is 1. The number of nitrogens with two attached hydrogens (primary N) is 1. The van der Waals surface area contributed by atoms with Gasteiger partial charge in [0.2, 0.25) is 0 Å². The Bertz CT molecular complexity index is 624. The molecule has 0 atom stereocenters. The number of carbonyl (C=O) groups is 1. The molecule has 0 saturated carbocycles. The van der Waals surface area contributed by atoms with E-state index in [1.54, 1.807) is 0 Å². The SMILES string of the molecule is NCCc1nc(C(=O)Nc2c(F)cc(Br)cc2F)cs1. The van der Waals surface area contributed by atoms with Crippen molar-refractivity contribution in [2.45, 2.75) is 6.42 Å². The van der Waals surface area contributed by atoms with Crippen LogP contribution < -0.4 is 11.1 Å². The summed E-state index contributed by atoms with van der Waals surface area (Å²) in [5.74, 6) is -2.38. The fraction of sp³-hybridized carbons (Fsp3) is 0.167. The van der Waals surface area contributed by atoms with E-state index in [4.69, 9.17) is 5.73 Å². The highest BCUT2D eigenvalue weighted by atomic mass is 79.9. The molecule has 1 aromatic heterocycles. The van der Waals surface area contributed by atoms with Crippen molar-refractivity contribution >= 4 is 38.9 Å². The van der Waals surface area contributed by atoms with Gasteiger partial charge in [0.15, 0.2) is 11.6 Å². The van der Waals surface area contributed by atoms with Crippen LogP contribution in [0.1, 0.15) is 15.5 Å². The van der Waals surface area contributed by atoms with Crippen LogP contribution in [0.4, 0.5) is 14.5 Å². The number of benzene rings is 1. The predicted molar refractivity (Wildman–Crippen MR) is 76.9 cm³/mol. The van der Waals surface area contributed by atoms with Gasteiger partial charge in [-0.25, -0.2) is 13.8 Å². The van der Waals surface area contributed by atoms with Crippen LogP contribution in [0.2, 0.25) is 0 Å². The maximum Gasteiger partial charge on any atom is 0.275 e. The van der Waals surface area contributed by atoms with Crippen molar-refractivity contribution in [3.8, 4) is 0 Å². The Balaban J connectivity index is 2.19. The van der Waals surface area contributed by atoms with Crippen LogP contribution in [-0.2, 0) is 6.42 Å². The second-order valence-corrected chi connectivity index (χ2v) is 5.72. The lowest BCUT2D eigenvalue weighted by Crippen LogP contribution is -2.15. The largest absolute Gasteiger partial charge is 0.330 e. The standard InChI is InChI=1S/C12H10BrF2N3OS/c13-6-3-7(14)11(8(15)4-6)18-12(19)9-5-20-10(17-9)1-2-16/h3-5H,1-2,16H2,(H,18,19). The molecule has 2 rings (SSSR count). The number of anilines is 1. The van der Waals surface area contributed by atoms with E-state index in [1.807, 2.05) is 0 Å². The van der Waals surface area contributed by atoms with E-state index in [0.29, 0.717) is 18.0 Å². The predicted octanol–water partition coefficient (Wildman–Crippen LogP) is 2.94. The molecule has 1 amide bonds. The minimum Gasteiger partial charge on any atom is -0.330 e. The molecule has 0 unspecified atom stereocenters.